The van der Waals surface area contributed by atoms with Gasteiger partial charge in [-0.1, -0.05) is 18.2 Å². The molecule has 1 aromatic heterocycles. The lowest BCUT2D eigenvalue weighted by molar-refractivity contribution is 0.352. The van der Waals surface area contributed by atoms with Crippen molar-refractivity contribution in [1.29, 1.82) is 0 Å². The molecule has 2 heteroatoms. The van der Waals surface area contributed by atoms with E-state index in [-0.39, 0.29) is 0 Å². The van der Waals surface area contributed by atoms with Crippen molar-refractivity contribution in [1.82, 2.24) is 9.88 Å². The fraction of sp³-hybridized carbons (Fsp3) is 0.273. The Kier molecular flexibility index (Phi) is 1.43. The number of hydrogen-bond donors (Lipinski definition) is 1. The smallest absolute Gasteiger partial charge is 0.0585 e. The van der Waals surface area contributed by atoms with Gasteiger partial charge in [0.2, 0.25) is 0 Å². The van der Waals surface area contributed by atoms with Gasteiger partial charge in [-0.05, 0) is 17.5 Å². The van der Waals surface area contributed by atoms with Gasteiger partial charge in [-0.3, -0.25) is 0 Å². The first-order chi connectivity index (χ1) is 6.45. The van der Waals surface area contributed by atoms with Crippen molar-refractivity contribution in [2.75, 3.05) is 13.1 Å². The van der Waals surface area contributed by atoms with Gasteiger partial charge in [0.05, 0.1) is 6.04 Å². The third-order valence-corrected chi connectivity index (χ3v) is 2.78. The summed E-state index contributed by atoms with van der Waals surface area (Å²) < 4.78 is 2.37. The van der Waals surface area contributed by atoms with E-state index in [2.05, 4.69) is 46.4 Å². The molecule has 1 N–H and O–H groups in total. The van der Waals surface area contributed by atoms with Gasteiger partial charge in [0.15, 0.2) is 0 Å². The van der Waals surface area contributed by atoms with E-state index in [4.69, 9.17) is 0 Å². The number of nitrogens with zero attached hydrogens (tertiary/aromatic N) is 1. The van der Waals surface area contributed by atoms with Crippen molar-refractivity contribution in [3.05, 3.63) is 36.5 Å². The minimum atomic E-state index is 0.667. The van der Waals surface area contributed by atoms with E-state index in [9.17, 15) is 0 Å². The molecular weight excluding hydrogens is 160 g/mol. The lowest BCUT2D eigenvalue weighted by Crippen LogP contribution is -2.43. The third-order valence-electron chi connectivity index (χ3n) is 2.78. The van der Waals surface area contributed by atoms with Crippen LogP contribution in [0.1, 0.15) is 6.04 Å². The van der Waals surface area contributed by atoms with Crippen molar-refractivity contribution in [2.24, 2.45) is 0 Å². The summed E-state index contributed by atoms with van der Waals surface area (Å²) in [5, 5.41) is 4.64. The Morgan fingerprint density at radius 3 is 2.77 bits per heavy atom. The molecule has 3 rings (SSSR count). The zero-order chi connectivity index (χ0) is 8.67. The van der Waals surface area contributed by atoms with E-state index < -0.39 is 0 Å². The van der Waals surface area contributed by atoms with E-state index in [0.29, 0.717) is 6.04 Å². The third kappa shape index (κ3) is 0.988. The van der Waals surface area contributed by atoms with Crippen LogP contribution in [0, 0.1) is 0 Å². The first-order valence-electron chi connectivity index (χ1n) is 4.71. The van der Waals surface area contributed by atoms with Crippen LogP contribution in [0.2, 0.25) is 0 Å². The van der Waals surface area contributed by atoms with Gasteiger partial charge in [0, 0.05) is 24.8 Å². The molecule has 0 radical (unpaired) electrons. The van der Waals surface area contributed by atoms with Crippen LogP contribution in [0.25, 0.3) is 10.9 Å². The van der Waals surface area contributed by atoms with Crippen LogP contribution in [0.5, 0.6) is 0 Å². The highest BCUT2D eigenvalue weighted by Crippen LogP contribution is 2.21. The summed E-state index contributed by atoms with van der Waals surface area (Å²) in [5.74, 6) is 0. The van der Waals surface area contributed by atoms with E-state index in [1.807, 2.05) is 0 Å². The SMILES string of the molecule is c1ccc2c(c1)ccn2C1CNC1. The molecule has 0 saturated carbocycles. The second kappa shape index (κ2) is 2.60. The van der Waals surface area contributed by atoms with Gasteiger partial charge in [-0.25, -0.2) is 0 Å². The minimum absolute atomic E-state index is 0.667. The molecule has 2 nitrogen and oxygen atoms in total. The average molecular weight is 172 g/mol. The molecule has 1 fully saturated rings. The Hall–Kier alpha value is -1.28. The lowest BCUT2D eigenvalue weighted by Gasteiger charge is -2.29. The topological polar surface area (TPSA) is 17.0 Å². The molecule has 0 amide bonds. The summed E-state index contributed by atoms with van der Waals surface area (Å²) in [6.45, 7) is 2.22. The number of benzene rings is 1. The maximum absolute atomic E-state index is 3.29. The van der Waals surface area contributed by atoms with E-state index in [1.54, 1.807) is 0 Å². The quantitative estimate of drug-likeness (QED) is 0.694. The minimum Gasteiger partial charge on any atom is -0.342 e. The van der Waals surface area contributed by atoms with Crippen LogP contribution in [0.3, 0.4) is 0 Å². The normalized spacial score (nSPS) is 17.5. The molecule has 2 aromatic rings. The lowest BCUT2D eigenvalue weighted by atomic mass is 10.1. The van der Waals surface area contributed by atoms with Crippen molar-refractivity contribution < 1.29 is 0 Å². The number of rotatable bonds is 1. The largest absolute Gasteiger partial charge is 0.342 e. The highest BCUT2D eigenvalue weighted by atomic mass is 15.1. The highest BCUT2D eigenvalue weighted by Gasteiger charge is 2.19. The summed E-state index contributed by atoms with van der Waals surface area (Å²) >= 11 is 0. The van der Waals surface area contributed by atoms with Crippen LogP contribution in [0.15, 0.2) is 36.5 Å². The summed E-state index contributed by atoms with van der Waals surface area (Å²) in [4.78, 5) is 0. The number of aromatic nitrogens is 1. The molecule has 1 aliphatic heterocycles. The molecule has 2 heterocycles. The Bertz CT molecular complexity index is 426. The summed E-state index contributed by atoms with van der Waals surface area (Å²) in [6.07, 6.45) is 2.19. The van der Waals surface area contributed by atoms with Gasteiger partial charge in [-0.15, -0.1) is 0 Å². The molecule has 0 atom stereocenters. The first kappa shape index (κ1) is 7.15. The number of fused-ring (bicyclic) bond motifs is 1. The predicted molar refractivity (Wildman–Crippen MR) is 53.8 cm³/mol. The van der Waals surface area contributed by atoms with Crippen molar-refractivity contribution in [3.63, 3.8) is 0 Å². The molecule has 0 bridgehead atoms. The van der Waals surface area contributed by atoms with E-state index in [0.717, 1.165) is 13.1 Å². The van der Waals surface area contributed by atoms with Crippen LogP contribution in [-0.2, 0) is 0 Å². The van der Waals surface area contributed by atoms with Crippen LogP contribution in [0.4, 0.5) is 0 Å². The Labute approximate surface area is 77.2 Å². The number of hydrogen-bond acceptors (Lipinski definition) is 1. The van der Waals surface area contributed by atoms with Crippen LogP contribution in [-0.4, -0.2) is 17.7 Å². The maximum Gasteiger partial charge on any atom is 0.0585 e. The molecular formula is C11H12N2. The molecule has 1 saturated heterocycles. The molecule has 1 aliphatic rings. The summed E-state index contributed by atoms with van der Waals surface area (Å²) in [5.41, 5.74) is 1.36. The van der Waals surface area contributed by atoms with Gasteiger partial charge in [0.1, 0.15) is 0 Å². The highest BCUT2D eigenvalue weighted by molar-refractivity contribution is 5.80. The van der Waals surface area contributed by atoms with Crippen molar-refractivity contribution in [3.8, 4) is 0 Å². The molecule has 1 aromatic carbocycles. The molecule has 0 spiro atoms. The van der Waals surface area contributed by atoms with Gasteiger partial charge in [0.25, 0.3) is 0 Å². The van der Waals surface area contributed by atoms with Crippen LogP contribution >= 0.6 is 0 Å². The van der Waals surface area contributed by atoms with Gasteiger partial charge >= 0.3 is 0 Å². The fourth-order valence-corrected chi connectivity index (χ4v) is 1.89. The van der Waals surface area contributed by atoms with Crippen molar-refractivity contribution in [2.45, 2.75) is 6.04 Å². The molecule has 66 valence electrons. The molecule has 0 unspecified atom stereocenters. The fourth-order valence-electron chi connectivity index (χ4n) is 1.89. The monoisotopic (exact) mass is 172 g/mol. The average Bonchev–Trinajstić information content (AvgIpc) is 2.47. The first-order valence-corrected chi connectivity index (χ1v) is 4.71. The van der Waals surface area contributed by atoms with E-state index >= 15 is 0 Å². The Morgan fingerprint density at radius 1 is 1.15 bits per heavy atom. The van der Waals surface area contributed by atoms with Crippen LogP contribution < -0.4 is 5.32 Å². The summed E-state index contributed by atoms with van der Waals surface area (Å²) in [6, 6.07) is 11.4. The predicted octanol–water partition coefficient (Wildman–Crippen LogP) is 1.79. The Morgan fingerprint density at radius 2 is 2.00 bits per heavy atom. The number of nitrogens with one attached hydrogen (secondary N) is 1. The van der Waals surface area contributed by atoms with Crippen molar-refractivity contribution >= 4 is 10.9 Å². The second-order valence-corrected chi connectivity index (χ2v) is 3.59. The summed E-state index contributed by atoms with van der Waals surface area (Å²) in [7, 11) is 0. The molecule has 13 heavy (non-hydrogen) atoms. The maximum atomic E-state index is 3.29. The number of para-hydroxylation sites is 1. The zero-order valence-electron chi connectivity index (χ0n) is 7.40. The zero-order valence-corrected chi connectivity index (χ0v) is 7.40. The van der Waals surface area contributed by atoms with E-state index in [1.165, 1.54) is 10.9 Å². The standard InChI is InChI=1S/C11H12N2/c1-2-4-11-9(3-1)5-6-13(11)10-7-12-8-10/h1-6,10,12H,7-8H2. The Balaban J connectivity index is 2.17. The molecule has 0 aliphatic carbocycles. The second-order valence-electron chi connectivity index (χ2n) is 3.59. The van der Waals surface area contributed by atoms with Gasteiger partial charge in [-0.2, -0.15) is 0 Å². The van der Waals surface area contributed by atoms with Gasteiger partial charge < -0.3 is 9.88 Å².